The highest BCUT2D eigenvalue weighted by Crippen LogP contribution is 2.52. The van der Waals surface area contributed by atoms with Gasteiger partial charge in [0.15, 0.2) is 0 Å². The van der Waals surface area contributed by atoms with E-state index in [1.165, 1.54) is 17.0 Å². The molecule has 0 bridgehead atoms. The fourth-order valence-corrected chi connectivity index (χ4v) is 5.56. The van der Waals surface area contributed by atoms with Crippen molar-refractivity contribution in [1.29, 1.82) is 0 Å². The topological polar surface area (TPSA) is 126 Å². The molecule has 10 nitrogen and oxygen atoms in total. The summed E-state index contributed by atoms with van der Waals surface area (Å²) in [5, 5.41) is 2.67. The molecule has 0 spiro atoms. The zero-order valence-electron chi connectivity index (χ0n) is 23.0. The summed E-state index contributed by atoms with van der Waals surface area (Å²) < 4.78 is 41.0. The lowest BCUT2D eigenvalue weighted by molar-refractivity contribution is -0.121. The Balaban J connectivity index is 1.30. The average Bonchev–Trinajstić information content (AvgIpc) is 3.71. The number of carbonyl (C=O) groups is 2. The third kappa shape index (κ3) is 6.47. The highest BCUT2D eigenvalue weighted by atomic mass is 32.2. The Hall–Kier alpha value is -5.03. The maximum Gasteiger partial charge on any atom is 0.330 e. The number of urea groups is 1. The van der Waals surface area contributed by atoms with Gasteiger partial charge in [-0.25, -0.2) is 9.52 Å². The number of benzene rings is 4. The minimum absolute atomic E-state index is 0.183. The van der Waals surface area contributed by atoms with E-state index in [1.807, 2.05) is 53.3 Å². The number of hydrogen-bond donors (Lipinski definition) is 3. The summed E-state index contributed by atoms with van der Waals surface area (Å²) in [5.41, 5.74) is 0.278. The van der Waals surface area contributed by atoms with Crippen molar-refractivity contribution in [1.82, 2.24) is 10.0 Å². The van der Waals surface area contributed by atoms with Gasteiger partial charge in [-0.15, -0.1) is 0 Å². The number of anilines is 2. The van der Waals surface area contributed by atoms with Crippen LogP contribution in [0.1, 0.15) is 17.9 Å². The molecule has 5 rings (SSSR count). The van der Waals surface area contributed by atoms with Crippen LogP contribution in [0, 0.1) is 0 Å². The smallest absolute Gasteiger partial charge is 0.330 e. The van der Waals surface area contributed by atoms with Crippen LogP contribution >= 0.6 is 0 Å². The molecule has 2 atom stereocenters. The van der Waals surface area contributed by atoms with Gasteiger partial charge < -0.3 is 19.7 Å². The van der Waals surface area contributed by atoms with E-state index in [1.54, 1.807) is 62.7 Å². The quantitative estimate of drug-likeness (QED) is 0.239. The highest BCUT2D eigenvalue weighted by molar-refractivity contribution is 7.91. The number of nitrogens with zero attached hydrogens (tertiary/aromatic N) is 1. The van der Waals surface area contributed by atoms with Gasteiger partial charge in [-0.1, -0.05) is 54.6 Å². The van der Waals surface area contributed by atoms with E-state index in [0.717, 1.165) is 5.56 Å². The van der Waals surface area contributed by atoms with Gasteiger partial charge in [0.25, 0.3) is 5.91 Å². The summed E-state index contributed by atoms with van der Waals surface area (Å²) in [4.78, 5) is 28.3. The van der Waals surface area contributed by atoms with E-state index in [-0.39, 0.29) is 17.5 Å². The van der Waals surface area contributed by atoms with Gasteiger partial charge in [0.1, 0.15) is 22.8 Å². The van der Waals surface area contributed by atoms with Crippen molar-refractivity contribution in [3.05, 3.63) is 115 Å². The van der Waals surface area contributed by atoms with Crippen LogP contribution < -0.4 is 29.1 Å². The molecule has 42 heavy (non-hydrogen) atoms. The molecule has 1 fully saturated rings. The molecule has 1 unspecified atom stereocenters. The Morgan fingerprint density at radius 2 is 1.48 bits per heavy atom. The van der Waals surface area contributed by atoms with E-state index in [9.17, 15) is 18.0 Å². The van der Waals surface area contributed by atoms with Crippen LogP contribution in [-0.4, -0.2) is 40.1 Å². The first-order chi connectivity index (χ1) is 20.2. The maximum absolute atomic E-state index is 13.8. The third-order valence-corrected chi connectivity index (χ3v) is 7.90. The number of likely N-dealkylation sites (N-methyl/N-ethyl adjacent to an activating group) is 1. The first-order valence-electron chi connectivity index (χ1n) is 13.1. The molecule has 1 saturated carbocycles. The van der Waals surface area contributed by atoms with Crippen LogP contribution in [0.5, 0.6) is 17.2 Å². The summed E-state index contributed by atoms with van der Waals surface area (Å²) in [7, 11) is -1.21. The largest absolute Gasteiger partial charge is 0.497 e. The highest BCUT2D eigenvalue weighted by Gasteiger charge is 2.63. The number of methoxy groups -OCH3 is 1. The zero-order chi connectivity index (χ0) is 29.7. The molecule has 0 heterocycles. The van der Waals surface area contributed by atoms with Crippen LogP contribution in [0.2, 0.25) is 0 Å². The van der Waals surface area contributed by atoms with Gasteiger partial charge in [0.2, 0.25) is 0 Å². The SMILES string of the molecule is COc1ccc(N(C)C(=O)[C@@]2(NC(=O)NS(=O)(=O)Nc3cccc(Oc4ccccc4)c3)CC2c2ccccc2)cc1. The van der Waals surface area contributed by atoms with Crippen molar-refractivity contribution < 1.29 is 27.5 Å². The molecular weight excluding hydrogens is 556 g/mol. The first-order valence-corrected chi connectivity index (χ1v) is 14.6. The fourth-order valence-electron chi connectivity index (χ4n) is 4.78. The second-order valence-corrected chi connectivity index (χ2v) is 11.2. The molecule has 3 amide bonds. The molecule has 1 aliphatic rings. The van der Waals surface area contributed by atoms with Crippen LogP contribution in [0.15, 0.2) is 109 Å². The Labute approximate surface area is 244 Å². The molecule has 11 heteroatoms. The average molecular weight is 587 g/mol. The van der Waals surface area contributed by atoms with Crippen LogP contribution in [0.3, 0.4) is 0 Å². The third-order valence-electron chi connectivity index (χ3n) is 6.94. The van der Waals surface area contributed by atoms with Crippen molar-refractivity contribution >= 4 is 33.5 Å². The minimum atomic E-state index is -4.36. The van der Waals surface area contributed by atoms with Crippen molar-refractivity contribution in [2.45, 2.75) is 17.9 Å². The summed E-state index contributed by atoms with van der Waals surface area (Å²) in [6.07, 6.45) is 0.302. The lowest BCUT2D eigenvalue weighted by Gasteiger charge is -2.26. The van der Waals surface area contributed by atoms with E-state index in [2.05, 4.69) is 10.0 Å². The van der Waals surface area contributed by atoms with E-state index >= 15 is 0 Å². The van der Waals surface area contributed by atoms with Crippen molar-refractivity contribution in [2.24, 2.45) is 0 Å². The molecule has 3 N–H and O–H groups in total. The molecule has 0 radical (unpaired) electrons. The first kappa shape index (κ1) is 28.5. The van der Waals surface area contributed by atoms with Gasteiger partial charge in [-0.3, -0.25) is 9.52 Å². The normalized spacial score (nSPS) is 17.4. The van der Waals surface area contributed by atoms with Gasteiger partial charge in [0, 0.05) is 24.7 Å². The Morgan fingerprint density at radius 3 is 2.14 bits per heavy atom. The van der Waals surface area contributed by atoms with Crippen molar-refractivity contribution in [3.8, 4) is 17.2 Å². The lowest BCUT2D eigenvalue weighted by atomic mass is 10.0. The molecule has 0 aromatic heterocycles. The number of rotatable bonds is 10. The van der Waals surface area contributed by atoms with Crippen molar-refractivity contribution in [3.63, 3.8) is 0 Å². The second-order valence-electron chi connectivity index (χ2n) is 9.81. The van der Waals surface area contributed by atoms with Gasteiger partial charge >= 0.3 is 16.2 Å². The number of para-hydroxylation sites is 1. The second kappa shape index (κ2) is 11.8. The number of ether oxygens (including phenoxy) is 2. The Bertz CT molecular complexity index is 1670. The Morgan fingerprint density at radius 1 is 0.833 bits per heavy atom. The molecule has 1 aliphatic carbocycles. The van der Waals surface area contributed by atoms with Gasteiger partial charge in [0.05, 0.1) is 12.8 Å². The Kier molecular flexibility index (Phi) is 8.03. The minimum Gasteiger partial charge on any atom is -0.497 e. The number of amides is 3. The summed E-state index contributed by atoms with van der Waals surface area (Å²) in [5.74, 6) is 0.894. The number of hydrogen-bond acceptors (Lipinski definition) is 6. The molecule has 4 aromatic rings. The number of nitrogens with one attached hydrogen (secondary N) is 3. The lowest BCUT2D eigenvalue weighted by Crippen LogP contribution is -2.55. The molecule has 0 saturated heterocycles. The van der Waals surface area contributed by atoms with Crippen molar-refractivity contribution in [2.75, 3.05) is 23.8 Å². The van der Waals surface area contributed by atoms with Crippen LogP contribution in [0.25, 0.3) is 0 Å². The maximum atomic E-state index is 13.8. The molecule has 4 aromatic carbocycles. The zero-order valence-corrected chi connectivity index (χ0v) is 23.8. The van der Waals surface area contributed by atoms with Gasteiger partial charge in [-0.05, 0) is 60.5 Å². The summed E-state index contributed by atoms with van der Waals surface area (Å²) in [6.45, 7) is 0. The predicted octanol–water partition coefficient (Wildman–Crippen LogP) is 5.03. The van der Waals surface area contributed by atoms with E-state index in [4.69, 9.17) is 9.47 Å². The van der Waals surface area contributed by atoms with Gasteiger partial charge in [-0.2, -0.15) is 8.42 Å². The molecular formula is C31H30N4O6S. The van der Waals surface area contributed by atoms with Crippen LogP contribution in [0.4, 0.5) is 16.2 Å². The van der Waals surface area contributed by atoms with Crippen LogP contribution in [-0.2, 0) is 15.0 Å². The number of carbonyl (C=O) groups excluding carboxylic acids is 2. The predicted molar refractivity (Wildman–Crippen MR) is 160 cm³/mol. The summed E-state index contributed by atoms with van der Waals surface area (Å²) >= 11 is 0. The summed E-state index contributed by atoms with van der Waals surface area (Å²) in [6, 6.07) is 30.5. The van der Waals surface area contributed by atoms with E-state index in [0.29, 0.717) is 29.4 Å². The molecule has 0 aliphatic heterocycles. The standard InChI is InChI=1S/C31H30N4O6S/c1-35(24-16-18-25(40-2)19-17-24)29(36)31(21-28(31)22-10-5-3-6-11-22)32-30(37)34-42(38,39)33-23-12-9-15-27(20-23)41-26-13-7-4-8-14-26/h3-20,28,33H,21H2,1-2H3,(H2,32,34,37)/t28?,31-/m1/s1. The fraction of sp³-hybridized carbons (Fsp3) is 0.161. The molecule has 216 valence electrons. The van der Waals surface area contributed by atoms with E-state index < -0.39 is 21.8 Å². The monoisotopic (exact) mass is 586 g/mol.